The largest absolute Gasteiger partial charge is 0.377 e. The molecule has 0 aromatic carbocycles. The average Bonchev–Trinajstić information content (AvgIpc) is 2.97. The van der Waals surface area contributed by atoms with Crippen molar-refractivity contribution < 1.29 is 4.74 Å². The van der Waals surface area contributed by atoms with Crippen LogP contribution in [0.15, 0.2) is 18.3 Å². The molecule has 21 heavy (non-hydrogen) atoms. The van der Waals surface area contributed by atoms with Crippen molar-refractivity contribution in [2.45, 2.75) is 26.4 Å². The van der Waals surface area contributed by atoms with E-state index in [2.05, 4.69) is 27.1 Å². The number of nitrogens with zero attached hydrogens (tertiary/aromatic N) is 5. The molecule has 1 saturated heterocycles. The molecular weight excluding hydrogens is 290 g/mol. The van der Waals surface area contributed by atoms with Gasteiger partial charge in [-0.15, -0.1) is 10.2 Å². The lowest BCUT2D eigenvalue weighted by molar-refractivity contribution is 0.0984. The second-order valence-corrected chi connectivity index (χ2v) is 5.41. The van der Waals surface area contributed by atoms with E-state index >= 15 is 0 Å². The minimum absolute atomic E-state index is 0.276. The highest BCUT2D eigenvalue weighted by Crippen LogP contribution is 2.29. The van der Waals surface area contributed by atoms with Crippen LogP contribution in [0.2, 0.25) is 5.15 Å². The van der Waals surface area contributed by atoms with Gasteiger partial charge in [-0.3, -0.25) is 4.68 Å². The summed E-state index contributed by atoms with van der Waals surface area (Å²) in [4.78, 5) is 2.20. The van der Waals surface area contributed by atoms with Crippen LogP contribution in [0.3, 0.4) is 0 Å². The van der Waals surface area contributed by atoms with Crippen molar-refractivity contribution in [2.24, 2.45) is 0 Å². The van der Waals surface area contributed by atoms with Crippen LogP contribution >= 0.6 is 11.6 Å². The molecule has 6 nitrogen and oxygen atoms in total. The van der Waals surface area contributed by atoms with Gasteiger partial charge in [0.05, 0.1) is 24.9 Å². The summed E-state index contributed by atoms with van der Waals surface area (Å²) in [5, 5.41) is 13.0. The summed E-state index contributed by atoms with van der Waals surface area (Å²) in [5.41, 5.74) is 1.82. The smallest absolute Gasteiger partial charge is 0.161 e. The molecule has 0 saturated carbocycles. The van der Waals surface area contributed by atoms with E-state index in [9.17, 15) is 0 Å². The number of morpholine rings is 1. The van der Waals surface area contributed by atoms with Gasteiger partial charge in [0.15, 0.2) is 11.0 Å². The Balaban J connectivity index is 2.00. The first-order valence-corrected chi connectivity index (χ1v) is 7.48. The van der Waals surface area contributed by atoms with Gasteiger partial charge in [0.1, 0.15) is 0 Å². The van der Waals surface area contributed by atoms with E-state index in [-0.39, 0.29) is 6.04 Å². The Morgan fingerprint density at radius 2 is 2.29 bits per heavy atom. The van der Waals surface area contributed by atoms with Crippen LogP contribution in [0.1, 0.15) is 13.8 Å². The summed E-state index contributed by atoms with van der Waals surface area (Å²) in [5.74, 6) is 0.828. The van der Waals surface area contributed by atoms with E-state index in [4.69, 9.17) is 16.3 Å². The van der Waals surface area contributed by atoms with Crippen LogP contribution < -0.4 is 4.90 Å². The molecule has 3 heterocycles. The first kappa shape index (κ1) is 14.3. The molecule has 1 aliphatic rings. The zero-order chi connectivity index (χ0) is 14.8. The third-order valence-corrected chi connectivity index (χ3v) is 3.97. The van der Waals surface area contributed by atoms with E-state index in [1.54, 1.807) is 6.20 Å². The van der Waals surface area contributed by atoms with Crippen molar-refractivity contribution in [1.29, 1.82) is 0 Å². The Labute approximate surface area is 128 Å². The highest BCUT2D eigenvalue weighted by atomic mass is 35.5. The number of halogens is 1. The molecule has 0 spiro atoms. The van der Waals surface area contributed by atoms with Crippen molar-refractivity contribution in [1.82, 2.24) is 20.0 Å². The number of hydrogen-bond donors (Lipinski definition) is 0. The normalized spacial score (nSPS) is 19.0. The highest BCUT2D eigenvalue weighted by Gasteiger charge is 2.22. The molecule has 2 aromatic heterocycles. The fourth-order valence-corrected chi connectivity index (χ4v) is 2.76. The van der Waals surface area contributed by atoms with Gasteiger partial charge in [0.25, 0.3) is 0 Å². The average molecular weight is 308 g/mol. The Morgan fingerprint density at radius 1 is 1.43 bits per heavy atom. The molecule has 1 aliphatic heterocycles. The molecule has 3 rings (SSSR count). The Morgan fingerprint density at radius 3 is 3.05 bits per heavy atom. The van der Waals surface area contributed by atoms with Crippen LogP contribution in [-0.2, 0) is 11.3 Å². The number of ether oxygens (including phenoxy) is 1. The lowest BCUT2D eigenvalue weighted by atomic mass is 10.2. The molecule has 1 atom stereocenters. The van der Waals surface area contributed by atoms with Gasteiger partial charge in [-0.1, -0.05) is 11.6 Å². The fourth-order valence-electron chi connectivity index (χ4n) is 2.57. The van der Waals surface area contributed by atoms with E-state index in [1.165, 1.54) is 0 Å². The molecular formula is C14H18ClN5O. The van der Waals surface area contributed by atoms with Crippen LogP contribution in [0, 0.1) is 0 Å². The summed E-state index contributed by atoms with van der Waals surface area (Å²) >= 11 is 6.23. The fraction of sp³-hybridized carbons (Fsp3) is 0.500. The van der Waals surface area contributed by atoms with Crippen molar-refractivity contribution in [3.8, 4) is 11.3 Å². The Bertz CT molecular complexity index is 630. The summed E-state index contributed by atoms with van der Waals surface area (Å²) in [6.07, 6.45) is 1.77. The zero-order valence-electron chi connectivity index (χ0n) is 12.2. The number of hydrogen-bond acceptors (Lipinski definition) is 5. The van der Waals surface area contributed by atoms with E-state index < -0.39 is 0 Å². The number of rotatable bonds is 3. The van der Waals surface area contributed by atoms with Gasteiger partial charge in [-0.2, -0.15) is 5.10 Å². The lowest BCUT2D eigenvalue weighted by Crippen LogP contribution is -2.44. The maximum absolute atomic E-state index is 6.23. The molecule has 0 N–H and O–H groups in total. The maximum Gasteiger partial charge on any atom is 0.161 e. The van der Waals surface area contributed by atoms with Crippen molar-refractivity contribution in [2.75, 3.05) is 24.7 Å². The van der Waals surface area contributed by atoms with Gasteiger partial charge in [-0.25, -0.2) is 0 Å². The SMILES string of the molecule is CCn1nccc1-c1cc(N2CCOC[C@H]2C)nnc1Cl. The second kappa shape index (κ2) is 5.99. The van der Waals surface area contributed by atoms with E-state index in [0.29, 0.717) is 18.4 Å². The monoisotopic (exact) mass is 307 g/mol. The lowest BCUT2D eigenvalue weighted by Gasteiger charge is -2.34. The minimum atomic E-state index is 0.276. The molecule has 2 aromatic rings. The van der Waals surface area contributed by atoms with E-state index in [0.717, 1.165) is 30.2 Å². The zero-order valence-corrected chi connectivity index (χ0v) is 12.9. The third kappa shape index (κ3) is 2.73. The van der Waals surface area contributed by atoms with E-state index in [1.807, 2.05) is 23.7 Å². The molecule has 0 aliphatic carbocycles. The standard InChI is InChI=1S/C14H18ClN5O/c1-3-20-12(4-5-16-20)11-8-13(17-18-14(11)15)19-6-7-21-9-10(19)2/h4-5,8,10H,3,6-7,9H2,1-2H3/t10-/m1/s1. The maximum atomic E-state index is 6.23. The second-order valence-electron chi connectivity index (χ2n) is 5.06. The van der Waals surface area contributed by atoms with Gasteiger partial charge < -0.3 is 9.64 Å². The van der Waals surface area contributed by atoms with Gasteiger partial charge in [0.2, 0.25) is 0 Å². The molecule has 0 unspecified atom stereocenters. The summed E-state index contributed by atoms with van der Waals surface area (Å²) in [7, 11) is 0. The minimum Gasteiger partial charge on any atom is -0.377 e. The van der Waals surface area contributed by atoms with Gasteiger partial charge in [0, 0.05) is 24.8 Å². The summed E-state index contributed by atoms with van der Waals surface area (Å²) in [6, 6.07) is 4.21. The molecule has 1 fully saturated rings. The highest BCUT2D eigenvalue weighted by molar-refractivity contribution is 6.32. The summed E-state index contributed by atoms with van der Waals surface area (Å²) < 4.78 is 7.36. The topological polar surface area (TPSA) is 56.1 Å². The molecule has 112 valence electrons. The van der Waals surface area contributed by atoms with Crippen molar-refractivity contribution in [3.05, 3.63) is 23.5 Å². The third-order valence-electron chi connectivity index (χ3n) is 3.69. The summed E-state index contributed by atoms with van der Waals surface area (Å²) in [6.45, 7) is 7.16. The van der Waals surface area contributed by atoms with Crippen LogP contribution in [-0.4, -0.2) is 45.8 Å². The van der Waals surface area contributed by atoms with Crippen molar-refractivity contribution in [3.63, 3.8) is 0 Å². The molecule has 0 amide bonds. The molecule has 0 radical (unpaired) electrons. The van der Waals surface area contributed by atoms with Gasteiger partial charge >= 0.3 is 0 Å². The quantitative estimate of drug-likeness (QED) is 0.870. The Kier molecular flexibility index (Phi) is 4.07. The first-order valence-electron chi connectivity index (χ1n) is 7.10. The Hall–Kier alpha value is -1.66. The predicted molar refractivity (Wildman–Crippen MR) is 81.6 cm³/mol. The number of aromatic nitrogens is 4. The van der Waals surface area contributed by atoms with Crippen LogP contribution in [0.5, 0.6) is 0 Å². The van der Waals surface area contributed by atoms with Crippen LogP contribution in [0.25, 0.3) is 11.3 Å². The number of aryl methyl sites for hydroxylation is 1. The van der Waals surface area contributed by atoms with Crippen molar-refractivity contribution >= 4 is 17.4 Å². The van der Waals surface area contributed by atoms with Crippen LogP contribution in [0.4, 0.5) is 5.82 Å². The molecule has 7 heteroatoms. The first-order chi connectivity index (χ1) is 10.2. The number of anilines is 1. The molecule has 0 bridgehead atoms. The predicted octanol–water partition coefficient (Wildman–Crippen LogP) is 2.24. The van der Waals surface area contributed by atoms with Gasteiger partial charge in [-0.05, 0) is 26.0 Å².